The van der Waals surface area contributed by atoms with Gasteiger partial charge in [0.2, 0.25) is 24.0 Å². The molecule has 6 aliphatic heterocycles. The van der Waals surface area contributed by atoms with E-state index < -0.39 is 239 Å². The number of ether oxygens (including phenoxy) is 13. The molecule has 30 atom stereocenters. The van der Waals surface area contributed by atoms with E-state index in [0.29, 0.717) is 5.75 Å². The number of rotatable bonds is 22. The van der Waals surface area contributed by atoms with Crippen LogP contribution in [-0.4, -0.2) is 328 Å². The number of nitrogens with one attached hydrogen (secondary N) is 3. The topological polar surface area (TPSA) is 582 Å². The van der Waals surface area contributed by atoms with Gasteiger partial charge >= 0.3 is 17.9 Å². The summed E-state index contributed by atoms with van der Waals surface area (Å²) in [7, 11) is 1.39. The van der Waals surface area contributed by atoms with E-state index in [1.54, 1.807) is 0 Å². The van der Waals surface area contributed by atoms with Gasteiger partial charge in [-0.3, -0.25) is 14.4 Å². The highest BCUT2D eigenvalue weighted by Crippen LogP contribution is 2.38. The third kappa shape index (κ3) is 15.3. The minimum atomic E-state index is -2.54. The minimum Gasteiger partial charge on any atom is -0.497 e. The largest absolute Gasteiger partial charge is 0.497 e. The lowest BCUT2D eigenvalue weighted by atomic mass is 9.93. The van der Waals surface area contributed by atoms with E-state index >= 15 is 0 Å². The molecule has 38 heteroatoms. The van der Waals surface area contributed by atoms with Gasteiger partial charge in [-0.25, -0.2) is 14.4 Å². The number of carbonyl (C=O) groups is 6. The Bertz CT molecular complexity index is 2510. The zero-order valence-electron chi connectivity index (χ0n) is 46.2. The van der Waals surface area contributed by atoms with Crippen LogP contribution in [0.1, 0.15) is 20.8 Å². The molecule has 0 unspecified atom stereocenters. The Labute approximate surface area is 490 Å². The number of hydrogen-bond donors (Lipinski definition) is 19. The van der Waals surface area contributed by atoms with Crippen LogP contribution in [0.4, 0.5) is 0 Å². The smallest absolute Gasteiger partial charge is 0.335 e. The van der Waals surface area contributed by atoms with Crippen LogP contribution in [0, 0.1) is 0 Å². The number of carboxylic acids is 3. The van der Waals surface area contributed by atoms with Crippen molar-refractivity contribution in [2.75, 3.05) is 26.9 Å². The normalized spacial score (nSPS) is 43.3. The molecule has 38 nitrogen and oxygen atoms in total. The van der Waals surface area contributed by atoms with Crippen molar-refractivity contribution in [2.45, 2.75) is 205 Å². The SMILES string of the molecule is COc1ccc(O[C@@H]2O[C@H](C(=O)O)[C@@H](O[C@@H]3O[C@H](CO)[C@H](O)[C@H](O[C@@H]4O[C@H](C(=O)O)[C@@H](O[C@@H]5O[C@H](CO)[C@H](O)[C@H](O[C@@H]6O[C@H](C(=O)O)[C@@H](O[C@@H]7O[C@H](CO)[C@H](O)[C@H](O)[C@H]7NC(C)=O)[C@@H](O)[C@H]6O)[C@H]5NC(C)=O)[C@H](O)[C@H]4O)[C@H]3NC(C)=O)[C@@H](O)[C@H]2O)cc1. The predicted octanol–water partition coefficient (Wildman–Crippen LogP) is -11.3. The molecule has 0 saturated carbocycles. The van der Waals surface area contributed by atoms with Gasteiger partial charge in [0, 0.05) is 20.8 Å². The second-order valence-electron chi connectivity index (χ2n) is 20.8. The molecule has 3 amide bonds. The fourth-order valence-corrected chi connectivity index (χ4v) is 10.5. The van der Waals surface area contributed by atoms with Crippen LogP contribution < -0.4 is 25.4 Å². The lowest BCUT2D eigenvalue weighted by molar-refractivity contribution is -0.376. The summed E-state index contributed by atoms with van der Waals surface area (Å²) in [6.07, 6.45) is -58.7. The van der Waals surface area contributed by atoms with Crippen LogP contribution in [0.5, 0.6) is 11.5 Å². The first-order valence-corrected chi connectivity index (χ1v) is 26.7. The zero-order chi connectivity index (χ0) is 64.2. The predicted molar refractivity (Wildman–Crippen MR) is 267 cm³/mol. The molecule has 7 rings (SSSR count). The van der Waals surface area contributed by atoms with Crippen LogP contribution in [0.2, 0.25) is 0 Å². The maximum atomic E-state index is 13.1. The summed E-state index contributed by atoms with van der Waals surface area (Å²) in [5, 5.41) is 181. The van der Waals surface area contributed by atoms with Gasteiger partial charge < -0.3 is 159 Å². The Morgan fingerprint density at radius 1 is 0.379 bits per heavy atom. The molecule has 0 aliphatic carbocycles. The van der Waals surface area contributed by atoms with Crippen LogP contribution in [-0.2, 0) is 80.9 Å². The number of aliphatic carboxylic acids is 3. The van der Waals surface area contributed by atoms with E-state index in [9.17, 15) is 110 Å². The van der Waals surface area contributed by atoms with Gasteiger partial charge in [-0.2, -0.15) is 0 Å². The number of aliphatic hydroxyl groups excluding tert-OH is 13. The number of aliphatic hydroxyl groups is 13. The zero-order valence-corrected chi connectivity index (χ0v) is 46.2. The quantitative estimate of drug-likeness (QED) is 0.0513. The molecular weight excluding hydrogens is 1190 g/mol. The number of benzene rings is 1. The van der Waals surface area contributed by atoms with Crippen LogP contribution >= 0.6 is 0 Å². The standard InChI is InChI=1S/C49H71N3O35/c1-12(56)50-20-26(62)23(59)17(9-53)77-44(20)82-35-28(64)31(67)48(86-39(35)42(71)72)80-34-22(52-14(3)58)46(79-19(11-55)25(34)61)84-37-29(65)32(68)49(87-40(37)43(73)74)81-33-21(51-13(2)57)45(78-18(10-54)24(33)60)83-36-27(63)30(66)47(85-38(36)41(69)70)76-16-7-5-15(75-4)6-8-16/h5-8,17-40,44-49,53-55,59-68H,9-11H2,1-4H3,(H,50,56)(H,51,57)(H,52,58)(H,69,70)(H,71,72)(H,73,74)/t17-,18-,19-,20-,21-,22-,23+,24+,25+,26-,27+,28+,29-,30-,31-,32-,33-,34-,35+,36+,37+,38+,39+,40+,44+,45+,46+,47-,48-,49-/m1/s1. The summed E-state index contributed by atoms with van der Waals surface area (Å²) in [6, 6.07) is 0.0185. The maximum Gasteiger partial charge on any atom is 0.335 e. The molecule has 19 N–H and O–H groups in total. The van der Waals surface area contributed by atoms with Crippen molar-refractivity contribution in [2.24, 2.45) is 0 Å². The van der Waals surface area contributed by atoms with Crippen molar-refractivity contribution in [3.63, 3.8) is 0 Å². The van der Waals surface area contributed by atoms with E-state index in [1.165, 1.54) is 31.4 Å². The molecule has 6 aliphatic rings. The molecule has 0 radical (unpaired) electrons. The third-order valence-electron chi connectivity index (χ3n) is 14.8. The number of carboxylic acid groups (broad SMARTS) is 3. The molecule has 0 bridgehead atoms. The van der Waals surface area contributed by atoms with E-state index in [4.69, 9.17) is 61.6 Å². The van der Waals surface area contributed by atoms with Crippen molar-refractivity contribution in [3.8, 4) is 11.5 Å². The maximum absolute atomic E-state index is 13.1. The summed E-state index contributed by atoms with van der Waals surface area (Å²) in [5.74, 6) is -8.11. The Kier molecular flexibility index (Phi) is 23.5. The number of carbonyl (C=O) groups excluding carboxylic acids is 3. The second kappa shape index (κ2) is 29.5. The first-order valence-electron chi connectivity index (χ1n) is 26.7. The summed E-state index contributed by atoms with van der Waals surface area (Å²) < 4.78 is 73.3. The van der Waals surface area contributed by atoms with Gasteiger partial charge in [0.1, 0.15) is 139 Å². The summed E-state index contributed by atoms with van der Waals surface area (Å²) in [5.41, 5.74) is 0. The molecule has 492 valence electrons. The molecule has 0 spiro atoms. The monoisotopic (exact) mass is 1260 g/mol. The molecule has 6 saturated heterocycles. The lowest BCUT2D eigenvalue weighted by Crippen LogP contribution is -2.71. The molecule has 0 aromatic heterocycles. The van der Waals surface area contributed by atoms with E-state index in [-0.39, 0.29) is 5.75 Å². The van der Waals surface area contributed by atoms with Crippen LogP contribution in [0.15, 0.2) is 24.3 Å². The molecule has 1 aromatic carbocycles. The van der Waals surface area contributed by atoms with Crippen molar-refractivity contribution in [1.29, 1.82) is 0 Å². The highest BCUT2D eigenvalue weighted by molar-refractivity contribution is 5.75. The van der Waals surface area contributed by atoms with E-state index in [1.807, 2.05) is 0 Å². The Morgan fingerprint density at radius 3 is 1.01 bits per heavy atom. The van der Waals surface area contributed by atoms with Gasteiger partial charge in [0.15, 0.2) is 49.8 Å². The van der Waals surface area contributed by atoms with E-state index in [2.05, 4.69) is 16.0 Å². The number of hydrogen-bond acceptors (Lipinski definition) is 32. The van der Waals surface area contributed by atoms with Crippen molar-refractivity contribution in [1.82, 2.24) is 16.0 Å². The highest BCUT2D eigenvalue weighted by atomic mass is 16.8. The van der Waals surface area contributed by atoms with Gasteiger partial charge in [-0.1, -0.05) is 0 Å². The minimum absolute atomic E-state index is 0.0257. The van der Waals surface area contributed by atoms with Gasteiger partial charge in [-0.05, 0) is 24.3 Å². The Hall–Kier alpha value is -5.32. The van der Waals surface area contributed by atoms with Crippen LogP contribution in [0.3, 0.4) is 0 Å². The summed E-state index contributed by atoms with van der Waals surface area (Å²) >= 11 is 0. The van der Waals surface area contributed by atoms with Gasteiger partial charge in [0.05, 0.1) is 26.9 Å². The molecule has 6 fully saturated rings. The van der Waals surface area contributed by atoms with Crippen molar-refractivity contribution in [3.05, 3.63) is 24.3 Å². The number of methoxy groups -OCH3 is 1. The Morgan fingerprint density at radius 2 is 0.678 bits per heavy atom. The van der Waals surface area contributed by atoms with Gasteiger partial charge in [0.25, 0.3) is 0 Å². The average Bonchev–Trinajstić information content (AvgIpc) is 1.07. The van der Waals surface area contributed by atoms with Crippen LogP contribution in [0.25, 0.3) is 0 Å². The first-order chi connectivity index (χ1) is 41.0. The molecule has 87 heavy (non-hydrogen) atoms. The average molecular weight is 1260 g/mol. The Balaban J connectivity index is 1.11. The molecule has 1 aromatic rings. The highest BCUT2D eigenvalue weighted by Gasteiger charge is 2.60. The van der Waals surface area contributed by atoms with E-state index in [0.717, 1.165) is 20.8 Å². The van der Waals surface area contributed by atoms with Crippen molar-refractivity contribution >= 4 is 35.6 Å². The van der Waals surface area contributed by atoms with Crippen molar-refractivity contribution < 1.29 is 172 Å². The fraction of sp³-hybridized carbons (Fsp3) is 0.755. The third-order valence-corrected chi connectivity index (χ3v) is 14.8. The molecule has 6 heterocycles. The summed E-state index contributed by atoms with van der Waals surface area (Å²) in [4.78, 5) is 76.1. The first kappa shape index (κ1) is 69.2. The fourth-order valence-electron chi connectivity index (χ4n) is 10.5. The summed E-state index contributed by atoms with van der Waals surface area (Å²) in [6.45, 7) is -0.413. The van der Waals surface area contributed by atoms with Gasteiger partial charge in [-0.15, -0.1) is 0 Å². The number of amides is 3. The lowest BCUT2D eigenvalue weighted by Gasteiger charge is -2.50. The second-order valence-corrected chi connectivity index (χ2v) is 20.8. The molecular formula is C49H71N3O35.